The minimum absolute atomic E-state index is 0.863. The topological polar surface area (TPSA) is 37.8 Å². The summed E-state index contributed by atoms with van der Waals surface area (Å²) in [6.45, 7) is 4.14. The molecule has 0 atom stereocenters. The summed E-state index contributed by atoms with van der Waals surface area (Å²) >= 11 is 1.67. The van der Waals surface area contributed by atoms with Gasteiger partial charge in [0.15, 0.2) is 0 Å². The quantitative estimate of drug-likeness (QED) is 0.655. The lowest BCUT2D eigenvalue weighted by molar-refractivity contribution is 1.05. The number of aromatic nitrogens is 2. The lowest BCUT2D eigenvalue weighted by Crippen LogP contribution is -1.96. The minimum atomic E-state index is 0.863. The van der Waals surface area contributed by atoms with Gasteiger partial charge >= 0.3 is 0 Å². The zero-order chi connectivity index (χ0) is 15.8. The van der Waals surface area contributed by atoms with Gasteiger partial charge in [-0.15, -0.1) is 0 Å². The minimum Gasteiger partial charge on any atom is -0.324 e. The van der Waals surface area contributed by atoms with Gasteiger partial charge in [0, 0.05) is 35.0 Å². The molecular weight excluding hydrogens is 302 g/mol. The summed E-state index contributed by atoms with van der Waals surface area (Å²) in [6.07, 6.45) is 4.67. The second-order valence-electron chi connectivity index (χ2n) is 5.90. The smallest absolute Gasteiger partial charge is 0.0687 e. The lowest BCUT2D eigenvalue weighted by Gasteiger charge is -2.09. The Kier molecular flexibility index (Phi) is 3.54. The molecule has 23 heavy (non-hydrogen) atoms. The predicted octanol–water partition coefficient (Wildman–Crippen LogP) is 4.78. The Morgan fingerprint density at radius 3 is 2.78 bits per heavy atom. The van der Waals surface area contributed by atoms with E-state index < -0.39 is 0 Å². The van der Waals surface area contributed by atoms with E-state index in [4.69, 9.17) is 4.98 Å². The van der Waals surface area contributed by atoms with Gasteiger partial charge in [-0.3, -0.25) is 9.97 Å². The average molecular weight is 319 g/mol. The van der Waals surface area contributed by atoms with Crippen LogP contribution in [0.15, 0.2) is 53.7 Å². The maximum atomic E-state index is 4.72. The number of hydrogen-bond acceptors (Lipinski definition) is 4. The van der Waals surface area contributed by atoms with Crippen LogP contribution in [0.5, 0.6) is 0 Å². The van der Waals surface area contributed by atoms with Gasteiger partial charge in [0.25, 0.3) is 0 Å². The molecule has 1 aliphatic heterocycles. The van der Waals surface area contributed by atoms with Crippen molar-refractivity contribution in [1.29, 1.82) is 0 Å². The van der Waals surface area contributed by atoms with E-state index in [1.54, 1.807) is 11.9 Å². The largest absolute Gasteiger partial charge is 0.324 e. The zero-order valence-electron chi connectivity index (χ0n) is 13.1. The van der Waals surface area contributed by atoms with Gasteiger partial charge in [-0.2, -0.15) is 0 Å². The molecular formula is C19H17N3S. The molecule has 0 unspecified atom stereocenters. The van der Waals surface area contributed by atoms with Gasteiger partial charge in [-0.25, -0.2) is 0 Å². The molecule has 1 aromatic carbocycles. The molecule has 1 aliphatic rings. The monoisotopic (exact) mass is 319 g/mol. The third-order valence-electron chi connectivity index (χ3n) is 4.05. The Morgan fingerprint density at radius 2 is 1.91 bits per heavy atom. The van der Waals surface area contributed by atoms with Crippen molar-refractivity contribution in [2.45, 2.75) is 25.2 Å². The fraction of sp³-hybridized carbons (Fsp3) is 0.158. The number of hydrogen-bond donors (Lipinski definition) is 1. The van der Waals surface area contributed by atoms with Gasteiger partial charge in [-0.05, 0) is 61.2 Å². The molecule has 2 aromatic heterocycles. The summed E-state index contributed by atoms with van der Waals surface area (Å²) < 4.78 is 3.46. The maximum Gasteiger partial charge on any atom is 0.0687 e. The Bertz CT molecular complexity index is 890. The van der Waals surface area contributed by atoms with Crippen molar-refractivity contribution in [3.63, 3.8) is 0 Å². The number of nitrogens with zero attached hydrogens (tertiary/aromatic N) is 2. The molecule has 0 saturated heterocycles. The molecule has 0 bridgehead atoms. The number of anilines is 1. The predicted molar refractivity (Wildman–Crippen MR) is 95.7 cm³/mol. The first-order valence-corrected chi connectivity index (χ1v) is 8.45. The summed E-state index contributed by atoms with van der Waals surface area (Å²) in [6, 6.07) is 12.9. The van der Waals surface area contributed by atoms with E-state index in [1.165, 1.54) is 16.0 Å². The molecule has 0 saturated carbocycles. The molecule has 0 spiro atoms. The van der Waals surface area contributed by atoms with Crippen molar-refractivity contribution in [2.75, 3.05) is 4.72 Å². The fourth-order valence-electron chi connectivity index (χ4n) is 2.84. The maximum absolute atomic E-state index is 4.72. The summed E-state index contributed by atoms with van der Waals surface area (Å²) in [5.74, 6) is 0. The molecule has 4 rings (SSSR count). The van der Waals surface area contributed by atoms with Crippen LogP contribution in [0, 0.1) is 13.8 Å². The normalized spacial score (nSPS) is 12.8. The number of pyridine rings is 2. The second-order valence-corrected chi connectivity index (χ2v) is 6.74. The zero-order valence-corrected chi connectivity index (χ0v) is 13.9. The molecule has 0 fully saturated rings. The van der Waals surface area contributed by atoms with E-state index >= 15 is 0 Å². The van der Waals surface area contributed by atoms with E-state index in [0.29, 0.717) is 0 Å². The molecule has 3 nitrogen and oxygen atoms in total. The molecule has 0 amide bonds. The van der Waals surface area contributed by atoms with Crippen LogP contribution in [0.2, 0.25) is 0 Å². The number of fused-ring (bicyclic) bond motifs is 2. The Hall–Kier alpha value is -2.33. The van der Waals surface area contributed by atoms with Gasteiger partial charge in [0.05, 0.1) is 11.4 Å². The van der Waals surface area contributed by atoms with Crippen molar-refractivity contribution in [3.05, 3.63) is 71.3 Å². The van der Waals surface area contributed by atoms with Gasteiger partial charge < -0.3 is 4.72 Å². The third-order valence-corrected chi connectivity index (χ3v) is 4.99. The summed E-state index contributed by atoms with van der Waals surface area (Å²) in [5.41, 5.74) is 8.09. The second kappa shape index (κ2) is 5.70. The lowest BCUT2D eigenvalue weighted by atomic mass is 10.0. The highest BCUT2D eigenvalue weighted by Crippen LogP contribution is 2.35. The van der Waals surface area contributed by atoms with Gasteiger partial charge in [0.1, 0.15) is 0 Å². The Morgan fingerprint density at radius 1 is 1.00 bits per heavy atom. The van der Waals surface area contributed by atoms with Gasteiger partial charge in [0.2, 0.25) is 0 Å². The molecule has 3 heterocycles. The number of rotatable bonds is 1. The number of aryl methyl sites for hydroxylation is 2. The van der Waals surface area contributed by atoms with E-state index in [-0.39, 0.29) is 0 Å². The van der Waals surface area contributed by atoms with Crippen LogP contribution in [0.1, 0.15) is 22.5 Å². The molecule has 3 aromatic rings. The molecule has 0 radical (unpaired) electrons. The van der Waals surface area contributed by atoms with E-state index in [9.17, 15) is 0 Å². The van der Waals surface area contributed by atoms with Gasteiger partial charge in [-0.1, -0.05) is 17.7 Å². The fourth-order valence-corrected chi connectivity index (χ4v) is 3.64. The molecule has 114 valence electrons. The van der Waals surface area contributed by atoms with E-state index in [1.807, 2.05) is 25.4 Å². The van der Waals surface area contributed by atoms with E-state index in [2.05, 4.69) is 47.0 Å². The highest BCUT2D eigenvalue weighted by Gasteiger charge is 2.15. The first kappa shape index (κ1) is 14.3. The van der Waals surface area contributed by atoms with Crippen molar-refractivity contribution in [1.82, 2.24) is 9.97 Å². The first-order chi connectivity index (χ1) is 11.2. The Balaban J connectivity index is 1.74. The SMILES string of the molecule is Cc1ccc2c(c1)Cc1ncc(-c3ccnc(C)c3)cc1NS2. The standard InChI is InChI=1S/C19H17N3S/c1-12-3-4-19-15(7-12)9-17-18(22-23-19)10-16(11-21-17)14-5-6-20-13(2)8-14/h3-8,10-11,22H,9H2,1-2H3. The third kappa shape index (κ3) is 2.82. The van der Waals surface area contributed by atoms with Crippen LogP contribution in [0.4, 0.5) is 5.69 Å². The summed E-state index contributed by atoms with van der Waals surface area (Å²) in [7, 11) is 0. The number of benzene rings is 1. The van der Waals surface area contributed by atoms with Crippen molar-refractivity contribution in [3.8, 4) is 11.1 Å². The van der Waals surface area contributed by atoms with Crippen LogP contribution in [-0.2, 0) is 6.42 Å². The highest BCUT2D eigenvalue weighted by molar-refractivity contribution is 8.00. The highest BCUT2D eigenvalue weighted by atomic mass is 32.2. The molecule has 0 aliphatic carbocycles. The summed E-state index contributed by atoms with van der Waals surface area (Å²) in [5, 5.41) is 0. The van der Waals surface area contributed by atoms with E-state index in [0.717, 1.165) is 34.6 Å². The van der Waals surface area contributed by atoms with Crippen LogP contribution in [-0.4, -0.2) is 9.97 Å². The molecule has 1 N–H and O–H groups in total. The van der Waals surface area contributed by atoms with Crippen molar-refractivity contribution in [2.24, 2.45) is 0 Å². The first-order valence-electron chi connectivity index (χ1n) is 7.63. The van der Waals surface area contributed by atoms with Crippen LogP contribution >= 0.6 is 11.9 Å². The van der Waals surface area contributed by atoms with Crippen LogP contribution < -0.4 is 4.72 Å². The average Bonchev–Trinajstić information content (AvgIpc) is 2.72. The summed E-state index contributed by atoms with van der Waals surface area (Å²) in [4.78, 5) is 10.3. The van der Waals surface area contributed by atoms with Crippen LogP contribution in [0.3, 0.4) is 0 Å². The molecule has 4 heteroatoms. The number of nitrogens with one attached hydrogen (secondary N) is 1. The van der Waals surface area contributed by atoms with Crippen LogP contribution in [0.25, 0.3) is 11.1 Å². The van der Waals surface area contributed by atoms with Crippen molar-refractivity contribution < 1.29 is 0 Å². The Labute approximate surface area is 140 Å². The van der Waals surface area contributed by atoms with Crippen molar-refractivity contribution >= 4 is 17.6 Å².